The second kappa shape index (κ2) is 5.10. The third-order valence-corrected chi connectivity index (χ3v) is 3.90. The molecule has 8 heteroatoms. The fraction of sp³-hybridized carbons (Fsp3) is 0.667. The molecule has 2 rings (SSSR count). The molecule has 4 amide bonds. The lowest BCUT2D eigenvalue weighted by Gasteiger charge is -2.19. The average molecular weight is 283 g/mol. The molecule has 3 atom stereocenters. The zero-order chi connectivity index (χ0) is 15.0. The van der Waals surface area contributed by atoms with Crippen LogP contribution in [0.4, 0.5) is 4.79 Å². The van der Waals surface area contributed by atoms with Crippen molar-refractivity contribution in [3.63, 3.8) is 0 Å². The van der Waals surface area contributed by atoms with Crippen LogP contribution in [0.15, 0.2) is 0 Å². The van der Waals surface area contributed by atoms with Crippen LogP contribution in [0.5, 0.6) is 0 Å². The number of aliphatic carboxylic acids is 1. The molecule has 0 radical (unpaired) electrons. The van der Waals surface area contributed by atoms with Crippen molar-refractivity contribution in [2.45, 2.75) is 19.4 Å². The minimum Gasteiger partial charge on any atom is -0.481 e. The van der Waals surface area contributed by atoms with E-state index < -0.39 is 29.9 Å². The van der Waals surface area contributed by atoms with E-state index in [4.69, 9.17) is 5.11 Å². The number of hydrogen-bond acceptors (Lipinski definition) is 4. The van der Waals surface area contributed by atoms with E-state index in [1.165, 1.54) is 11.9 Å². The molecule has 8 nitrogen and oxygen atoms in total. The van der Waals surface area contributed by atoms with Crippen LogP contribution in [0.3, 0.4) is 0 Å². The Hall–Kier alpha value is -2.12. The van der Waals surface area contributed by atoms with Gasteiger partial charge in [-0.1, -0.05) is 6.92 Å². The molecule has 2 fully saturated rings. The van der Waals surface area contributed by atoms with Crippen LogP contribution in [0.25, 0.3) is 0 Å². The number of nitrogens with one attached hydrogen (secondary N) is 1. The summed E-state index contributed by atoms with van der Waals surface area (Å²) < 4.78 is 0. The molecule has 0 spiro atoms. The van der Waals surface area contributed by atoms with Gasteiger partial charge in [0.05, 0.1) is 12.3 Å². The van der Waals surface area contributed by atoms with E-state index in [1.54, 1.807) is 6.92 Å². The second-order valence-corrected chi connectivity index (χ2v) is 5.32. The largest absolute Gasteiger partial charge is 0.481 e. The number of carbonyl (C=O) groups excluding carboxylic acids is 3. The summed E-state index contributed by atoms with van der Waals surface area (Å²) in [5.41, 5.74) is 0. The predicted octanol–water partition coefficient (Wildman–Crippen LogP) is -0.894. The van der Waals surface area contributed by atoms with E-state index in [1.807, 2.05) is 0 Å². The van der Waals surface area contributed by atoms with Gasteiger partial charge in [-0.25, -0.2) is 4.79 Å². The maximum atomic E-state index is 12.0. The minimum absolute atomic E-state index is 0.0488. The standard InChI is InChI=1S/C12H17N3O5/c1-6-4-15(5-7(6)11(18)19)12(20)13-8-3-9(16)14(2)10(8)17/h6-8H,3-5H2,1-2H3,(H,13,20)(H,18,19)/t6-,7-,8?/m1/s1. The number of carbonyl (C=O) groups is 4. The highest BCUT2D eigenvalue weighted by atomic mass is 16.4. The topological polar surface area (TPSA) is 107 Å². The highest BCUT2D eigenvalue weighted by Crippen LogP contribution is 2.23. The Morgan fingerprint density at radius 2 is 1.95 bits per heavy atom. The van der Waals surface area contributed by atoms with Crippen LogP contribution < -0.4 is 5.32 Å². The van der Waals surface area contributed by atoms with Gasteiger partial charge in [-0.05, 0) is 5.92 Å². The predicted molar refractivity (Wildman–Crippen MR) is 66.6 cm³/mol. The first kappa shape index (κ1) is 14.3. The van der Waals surface area contributed by atoms with Crippen LogP contribution >= 0.6 is 0 Å². The van der Waals surface area contributed by atoms with Crippen molar-refractivity contribution in [3.8, 4) is 0 Å². The number of rotatable bonds is 2. The molecule has 0 bridgehead atoms. The fourth-order valence-electron chi connectivity index (χ4n) is 2.56. The molecule has 20 heavy (non-hydrogen) atoms. The first-order chi connectivity index (χ1) is 9.31. The Morgan fingerprint density at radius 1 is 1.30 bits per heavy atom. The van der Waals surface area contributed by atoms with Crippen LogP contribution in [0.2, 0.25) is 0 Å². The van der Waals surface area contributed by atoms with E-state index in [2.05, 4.69) is 5.32 Å². The van der Waals surface area contributed by atoms with Gasteiger partial charge >= 0.3 is 12.0 Å². The molecule has 0 aromatic heterocycles. The Balaban J connectivity index is 1.95. The lowest BCUT2D eigenvalue weighted by Crippen LogP contribution is -2.47. The summed E-state index contributed by atoms with van der Waals surface area (Å²) in [4.78, 5) is 48.4. The first-order valence-corrected chi connectivity index (χ1v) is 6.40. The van der Waals surface area contributed by atoms with Gasteiger partial charge in [0.25, 0.3) is 5.91 Å². The number of likely N-dealkylation sites (N-methyl/N-ethyl adjacent to an activating group) is 1. The van der Waals surface area contributed by atoms with Gasteiger partial charge in [0.15, 0.2) is 0 Å². The highest BCUT2D eigenvalue weighted by molar-refractivity contribution is 6.06. The molecule has 2 aliphatic heterocycles. The molecule has 0 aromatic rings. The normalized spacial score (nSPS) is 30.0. The summed E-state index contributed by atoms with van der Waals surface area (Å²) in [6, 6.07) is -1.35. The molecule has 0 saturated carbocycles. The Kier molecular flexibility index (Phi) is 3.65. The molecule has 2 aliphatic rings. The molecule has 2 heterocycles. The Bertz CT molecular complexity index is 478. The molecular formula is C12H17N3O5. The van der Waals surface area contributed by atoms with E-state index in [0.717, 1.165) is 4.90 Å². The van der Waals surface area contributed by atoms with Gasteiger partial charge in [0, 0.05) is 20.1 Å². The summed E-state index contributed by atoms with van der Waals surface area (Å²) in [5.74, 6) is -2.44. The third-order valence-electron chi connectivity index (χ3n) is 3.90. The molecule has 1 unspecified atom stereocenters. The van der Waals surface area contributed by atoms with Gasteiger partial charge in [-0.3, -0.25) is 19.3 Å². The number of imide groups is 1. The Morgan fingerprint density at radius 3 is 2.40 bits per heavy atom. The van der Waals surface area contributed by atoms with Crippen molar-refractivity contribution in [2.75, 3.05) is 20.1 Å². The number of carboxylic acids is 1. The van der Waals surface area contributed by atoms with Crippen molar-refractivity contribution >= 4 is 23.8 Å². The fourth-order valence-corrected chi connectivity index (χ4v) is 2.56. The van der Waals surface area contributed by atoms with E-state index >= 15 is 0 Å². The Labute approximate surface area is 115 Å². The van der Waals surface area contributed by atoms with Crippen molar-refractivity contribution in [1.82, 2.24) is 15.1 Å². The van der Waals surface area contributed by atoms with Crippen molar-refractivity contribution in [2.24, 2.45) is 11.8 Å². The summed E-state index contributed by atoms with van der Waals surface area (Å²) in [6.45, 7) is 2.21. The monoisotopic (exact) mass is 283 g/mol. The maximum absolute atomic E-state index is 12.0. The van der Waals surface area contributed by atoms with E-state index in [-0.39, 0.29) is 24.8 Å². The van der Waals surface area contributed by atoms with E-state index in [0.29, 0.717) is 6.54 Å². The van der Waals surface area contributed by atoms with Crippen LogP contribution in [-0.2, 0) is 14.4 Å². The lowest BCUT2D eigenvalue weighted by atomic mass is 9.99. The van der Waals surface area contributed by atoms with Crippen LogP contribution in [-0.4, -0.2) is 64.9 Å². The molecule has 110 valence electrons. The zero-order valence-electron chi connectivity index (χ0n) is 11.3. The number of nitrogens with zero attached hydrogens (tertiary/aromatic N) is 2. The number of likely N-dealkylation sites (tertiary alicyclic amines) is 2. The van der Waals surface area contributed by atoms with Gasteiger partial charge < -0.3 is 15.3 Å². The number of carboxylic acid groups (broad SMARTS) is 1. The summed E-state index contributed by atoms with van der Waals surface area (Å²) in [7, 11) is 1.37. The average Bonchev–Trinajstić information content (AvgIpc) is 2.87. The van der Waals surface area contributed by atoms with Crippen molar-refractivity contribution in [1.29, 1.82) is 0 Å². The van der Waals surface area contributed by atoms with E-state index in [9.17, 15) is 19.2 Å². The third kappa shape index (κ3) is 2.45. The molecular weight excluding hydrogens is 266 g/mol. The van der Waals surface area contributed by atoms with Gasteiger partial charge in [-0.15, -0.1) is 0 Å². The maximum Gasteiger partial charge on any atom is 0.318 e. The SMILES string of the molecule is C[C@@H]1CN(C(=O)NC2CC(=O)N(C)C2=O)C[C@H]1C(=O)O. The second-order valence-electron chi connectivity index (χ2n) is 5.32. The minimum atomic E-state index is -0.931. The molecule has 2 saturated heterocycles. The highest BCUT2D eigenvalue weighted by Gasteiger charge is 2.41. The molecule has 2 N–H and O–H groups in total. The van der Waals surface area contributed by atoms with Crippen molar-refractivity contribution in [3.05, 3.63) is 0 Å². The van der Waals surface area contributed by atoms with Gasteiger partial charge in [0.2, 0.25) is 5.91 Å². The van der Waals surface area contributed by atoms with Gasteiger partial charge in [0.1, 0.15) is 6.04 Å². The quantitative estimate of drug-likeness (QED) is 0.639. The molecule has 0 aliphatic carbocycles. The summed E-state index contributed by atoms with van der Waals surface area (Å²) >= 11 is 0. The van der Waals surface area contributed by atoms with Crippen LogP contribution in [0, 0.1) is 11.8 Å². The lowest BCUT2D eigenvalue weighted by molar-refractivity contribution is -0.142. The molecule has 0 aromatic carbocycles. The van der Waals surface area contributed by atoms with Crippen LogP contribution in [0.1, 0.15) is 13.3 Å². The number of hydrogen-bond donors (Lipinski definition) is 2. The smallest absolute Gasteiger partial charge is 0.318 e. The number of amides is 4. The van der Waals surface area contributed by atoms with Gasteiger partial charge in [-0.2, -0.15) is 0 Å². The first-order valence-electron chi connectivity index (χ1n) is 6.40. The number of urea groups is 1. The zero-order valence-corrected chi connectivity index (χ0v) is 11.3. The summed E-state index contributed by atoms with van der Waals surface area (Å²) in [5, 5.41) is 11.5. The summed E-state index contributed by atoms with van der Waals surface area (Å²) in [6.07, 6.45) is -0.0488. The van der Waals surface area contributed by atoms with Crippen molar-refractivity contribution < 1.29 is 24.3 Å².